The number of nitrogens with zero attached hydrogens (tertiary/aromatic N) is 1. The Hall–Kier alpha value is -1.78. The number of methoxy groups -OCH3 is 2. The van der Waals surface area contributed by atoms with Crippen LogP contribution in [0.15, 0.2) is 12.3 Å². The molecular weight excluding hydrogens is 184 g/mol. The molecule has 0 aliphatic rings. The van der Waals surface area contributed by atoms with Crippen LogP contribution in [0, 0.1) is 0 Å². The molecule has 0 aliphatic heterocycles. The molecule has 0 saturated carbocycles. The number of aromatic nitrogens is 1. The van der Waals surface area contributed by atoms with Gasteiger partial charge in [-0.25, -0.2) is 4.98 Å². The van der Waals surface area contributed by atoms with Crippen LogP contribution in [0.4, 0.5) is 0 Å². The van der Waals surface area contributed by atoms with Gasteiger partial charge in [-0.05, 0) is 6.07 Å². The van der Waals surface area contributed by atoms with Crippen molar-refractivity contribution in [3.63, 3.8) is 0 Å². The van der Waals surface area contributed by atoms with Crippen LogP contribution in [0.2, 0.25) is 0 Å². The number of ether oxygens (including phenoxy) is 2. The molecule has 1 aromatic heterocycles. The van der Waals surface area contributed by atoms with Gasteiger partial charge in [0, 0.05) is 13.2 Å². The summed E-state index contributed by atoms with van der Waals surface area (Å²) in [5, 5.41) is 2.49. The molecule has 0 atom stereocenters. The van der Waals surface area contributed by atoms with E-state index in [1.165, 1.54) is 27.5 Å². The lowest BCUT2D eigenvalue weighted by molar-refractivity contribution is 0.0956. The molecular formula is C9H12N2O3. The first kappa shape index (κ1) is 10.3. The van der Waals surface area contributed by atoms with E-state index in [-0.39, 0.29) is 11.8 Å². The summed E-state index contributed by atoms with van der Waals surface area (Å²) in [7, 11) is 4.48. The van der Waals surface area contributed by atoms with E-state index in [9.17, 15) is 4.79 Å². The molecule has 0 bridgehead atoms. The van der Waals surface area contributed by atoms with Crippen LogP contribution in [-0.4, -0.2) is 32.2 Å². The van der Waals surface area contributed by atoms with Gasteiger partial charge in [-0.1, -0.05) is 0 Å². The quantitative estimate of drug-likeness (QED) is 0.762. The summed E-state index contributed by atoms with van der Waals surface area (Å²) in [5.41, 5.74) is 0.306. The van der Waals surface area contributed by atoms with Crippen LogP contribution >= 0.6 is 0 Å². The van der Waals surface area contributed by atoms with Crippen molar-refractivity contribution < 1.29 is 14.3 Å². The molecule has 0 aromatic carbocycles. The highest BCUT2D eigenvalue weighted by Crippen LogP contribution is 2.25. The normalized spacial score (nSPS) is 9.36. The van der Waals surface area contributed by atoms with E-state index in [0.717, 1.165) is 0 Å². The van der Waals surface area contributed by atoms with Gasteiger partial charge in [-0.15, -0.1) is 0 Å². The standard InChI is InChI=1S/C9H12N2O3/c1-10-8(12)7-6(13-2)4-5-11-9(7)14-3/h4-5H,1-3H3,(H,10,12). The maximum Gasteiger partial charge on any atom is 0.260 e. The fraction of sp³-hybridized carbons (Fsp3) is 0.333. The Balaban J connectivity index is 3.25. The third-order valence-electron chi connectivity index (χ3n) is 1.75. The van der Waals surface area contributed by atoms with Crippen molar-refractivity contribution in [2.45, 2.75) is 0 Å². The lowest BCUT2D eigenvalue weighted by Gasteiger charge is -2.09. The Morgan fingerprint density at radius 3 is 2.64 bits per heavy atom. The smallest absolute Gasteiger partial charge is 0.260 e. The minimum absolute atomic E-state index is 0.253. The molecule has 1 N–H and O–H groups in total. The van der Waals surface area contributed by atoms with Crippen molar-refractivity contribution in [3.8, 4) is 11.6 Å². The molecule has 1 heterocycles. The van der Waals surface area contributed by atoms with Gasteiger partial charge in [0.2, 0.25) is 5.88 Å². The minimum Gasteiger partial charge on any atom is -0.496 e. The van der Waals surface area contributed by atoms with Crippen molar-refractivity contribution in [1.82, 2.24) is 10.3 Å². The lowest BCUT2D eigenvalue weighted by atomic mass is 10.2. The summed E-state index contributed by atoms with van der Waals surface area (Å²) in [5.74, 6) is 0.409. The summed E-state index contributed by atoms with van der Waals surface area (Å²) in [6.07, 6.45) is 1.52. The van der Waals surface area contributed by atoms with E-state index >= 15 is 0 Å². The molecule has 1 aromatic rings. The van der Waals surface area contributed by atoms with Crippen molar-refractivity contribution in [2.75, 3.05) is 21.3 Å². The van der Waals surface area contributed by atoms with E-state index in [1.807, 2.05) is 0 Å². The minimum atomic E-state index is -0.285. The summed E-state index contributed by atoms with van der Waals surface area (Å²) in [6.45, 7) is 0. The molecule has 5 heteroatoms. The van der Waals surface area contributed by atoms with Gasteiger partial charge in [0.25, 0.3) is 5.91 Å². The fourth-order valence-electron chi connectivity index (χ4n) is 1.08. The van der Waals surface area contributed by atoms with E-state index in [1.54, 1.807) is 6.07 Å². The second-order valence-corrected chi connectivity index (χ2v) is 2.48. The van der Waals surface area contributed by atoms with E-state index < -0.39 is 0 Å². The van der Waals surface area contributed by atoms with Gasteiger partial charge in [-0.3, -0.25) is 4.79 Å². The summed E-state index contributed by atoms with van der Waals surface area (Å²) in [6, 6.07) is 1.60. The van der Waals surface area contributed by atoms with E-state index in [2.05, 4.69) is 10.3 Å². The second kappa shape index (κ2) is 4.45. The van der Waals surface area contributed by atoms with Gasteiger partial charge < -0.3 is 14.8 Å². The molecule has 0 fully saturated rings. The maximum absolute atomic E-state index is 11.5. The Labute approximate surface area is 82.0 Å². The van der Waals surface area contributed by atoms with Crippen molar-refractivity contribution >= 4 is 5.91 Å². The number of nitrogens with one attached hydrogen (secondary N) is 1. The Bertz CT molecular complexity index is 317. The first-order valence-electron chi connectivity index (χ1n) is 4.03. The number of carbonyl (C=O) groups excluding carboxylic acids is 1. The highest BCUT2D eigenvalue weighted by atomic mass is 16.5. The topological polar surface area (TPSA) is 60.5 Å². The lowest BCUT2D eigenvalue weighted by Crippen LogP contribution is -2.20. The highest BCUT2D eigenvalue weighted by molar-refractivity contribution is 5.98. The van der Waals surface area contributed by atoms with Gasteiger partial charge in [0.15, 0.2) is 0 Å². The van der Waals surface area contributed by atoms with Crippen LogP contribution < -0.4 is 14.8 Å². The zero-order valence-electron chi connectivity index (χ0n) is 8.33. The summed E-state index contributed by atoms with van der Waals surface area (Å²) < 4.78 is 9.99. The first-order valence-corrected chi connectivity index (χ1v) is 4.03. The number of amides is 1. The molecule has 0 unspecified atom stereocenters. The highest BCUT2D eigenvalue weighted by Gasteiger charge is 2.17. The Kier molecular flexibility index (Phi) is 3.28. The van der Waals surface area contributed by atoms with Crippen LogP contribution in [0.25, 0.3) is 0 Å². The number of rotatable bonds is 3. The third kappa shape index (κ3) is 1.76. The molecule has 76 valence electrons. The number of hydrogen-bond donors (Lipinski definition) is 1. The van der Waals surface area contributed by atoms with Gasteiger partial charge in [0.1, 0.15) is 11.3 Å². The predicted octanol–water partition coefficient (Wildman–Crippen LogP) is 0.458. The van der Waals surface area contributed by atoms with Crippen molar-refractivity contribution in [2.24, 2.45) is 0 Å². The SMILES string of the molecule is CNC(=O)c1c(OC)ccnc1OC. The largest absolute Gasteiger partial charge is 0.496 e. The monoisotopic (exact) mass is 196 g/mol. The zero-order valence-corrected chi connectivity index (χ0v) is 8.33. The second-order valence-electron chi connectivity index (χ2n) is 2.48. The van der Waals surface area contributed by atoms with Crippen LogP contribution in [-0.2, 0) is 0 Å². The number of carbonyl (C=O) groups is 1. The molecule has 0 radical (unpaired) electrons. The Morgan fingerprint density at radius 1 is 1.43 bits per heavy atom. The third-order valence-corrected chi connectivity index (χ3v) is 1.75. The fourth-order valence-corrected chi connectivity index (χ4v) is 1.08. The molecule has 0 spiro atoms. The van der Waals surface area contributed by atoms with Gasteiger partial charge in [-0.2, -0.15) is 0 Å². The number of pyridine rings is 1. The van der Waals surface area contributed by atoms with Crippen molar-refractivity contribution in [1.29, 1.82) is 0 Å². The molecule has 5 nitrogen and oxygen atoms in total. The maximum atomic E-state index is 11.5. The molecule has 1 amide bonds. The van der Waals surface area contributed by atoms with Crippen LogP contribution in [0.5, 0.6) is 11.6 Å². The van der Waals surface area contributed by atoms with E-state index in [4.69, 9.17) is 9.47 Å². The zero-order chi connectivity index (χ0) is 10.6. The summed E-state index contributed by atoms with van der Waals surface area (Å²) >= 11 is 0. The average molecular weight is 196 g/mol. The summed E-state index contributed by atoms with van der Waals surface area (Å²) in [4.78, 5) is 15.4. The van der Waals surface area contributed by atoms with Gasteiger partial charge >= 0.3 is 0 Å². The van der Waals surface area contributed by atoms with Crippen LogP contribution in [0.1, 0.15) is 10.4 Å². The molecule has 0 aliphatic carbocycles. The number of hydrogen-bond acceptors (Lipinski definition) is 4. The Morgan fingerprint density at radius 2 is 2.14 bits per heavy atom. The molecule has 0 saturated heterocycles. The van der Waals surface area contributed by atoms with Crippen molar-refractivity contribution in [3.05, 3.63) is 17.8 Å². The van der Waals surface area contributed by atoms with Crippen LogP contribution in [0.3, 0.4) is 0 Å². The molecule has 14 heavy (non-hydrogen) atoms. The predicted molar refractivity (Wildman–Crippen MR) is 50.7 cm³/mol. The average Bonchev–Trinajstić information content (AvgIpc) is 2.26. The van der Waals surface area contributed by atoms with E-state index in [0.29, 0.717) is 11.3 Å². The first-order chi connectivity index (χ1) is 6.74. The molecule has 1 rings (SSSR count). The van der Waals surface area contributed by atoms with Gasteiger partial charge in [0.05, 0.1) is 14.2 Å².